The van der Waals surface area contributed by atoms with Crippen LogP contribution in [0.25, 0.3) is 0 Å². The number of carbonyl (C=O) groups is 1. The minimum absolute atomic E-state index is 0.0486. The van der Waals surface area contributed by atoms with Gasteiger partial charge in [0, 0.05) is 5.56 Å². The van der Waals surface area contributed by atoms with Gasteiger partial charge in [-0.1, -0.05) is 23.7 Å². The fourth-order valence-corrected chi connectivity index (χ4v) is 3.14. The monoisotopic (exact) mass is 325 g/mol. The summed E-state index contributed by atoms with van der Waals surface area (Å²) in [6.07, 6.45) is 0. The molecule has 2 rings (SSSR count). The number of halogens is 1. The fraction of sp³-hybridized carbons (Fsp3) is 0.0714. The van der Waals surface area contributed by atoms with Crippen LogP contribution in [-0.4, -0.2) is 21.4 Å². The molecule has 2 aromatic rings. The second-order valence-electron chi connectivity index (χ2n) is 4.09. The summed E-state index contributed by atoms with van der Waals surface area (Å²) >= 11 is 5.83. The van der Waals surface area contributed by atoms with Crippen LogP contribution in [0.2, 0.25) is 5.02 Å². The van der Waals surface area contributed by atoms with E-state index in [-0.39, 0.29) is 15.5 Å². The number of rotatable bonds is 4. The van der Waals surface area contributed by atoms with Gasteiger partial charge < -0.3 is 4.74 Å². The molecule has 5 nitrogen and oxygen atoms in total. The van der Waals surface area contributed by atoms with Gasteiger partial charge in [-0.3, -0.25) is 4.79 Å². The van der Waals surface area contributed by atoms with E-state index in [0.29, 0.717) is 5.75 Å². The molecule has 0 fully saturated rings. The molecule has 0 spiro atoms. The van der Waals surface area contributed by atoms with Crippen LogP contribution < -0.4 is 9.46 Å². The molecule has 0 atom stereocenters. The van der Waals surface area contributed by atoms with Crippen molar-refractivity contribution in [3.8, 4) is 5.75 Å². The SMILES string of the molecule is COc1ccc(C(=O)NS(=O)(=O)c2ccccc2Cl)cc1. The first-order valence-electron chi connectivity index (χ1n) is 5.90. The Morgan fingerprint density at radius 1 is 1.10 bits per heavy atom. The van der Waals surface area contributed by atoms with Crippen molar-refractivity contribution in [2.45, 2.75) is 4.90 Å². The van der Waals surface area contributed by atoms with Crippen LogP contribution in [0.4, 0.5) is 0 Å². The summed E-state index contributed by atoms with van der Waals surface area (Å²) in [6.45, 7) is 0. The molecule has 2 aromatic carbocycles. The average Bonchev–Trinajstić information content (AvgIpc) is 2.47. The number of carbonyl (C=O) groups excluding carboxylic acids is 1. The van der Waals surface area contributed by atoms with Crippen molar-refractivity contribution in [1.29, 1.82) is 0 Å². The highest BCUT2D eigenvalue weighted by molar-refractivity contribution is 7.90. The highest BCUT2D eigenvalue weighted by Gasteiger charge is 2.21. The average molecular weight is 326 g/mol. The Balaban J connectivity index is 2.24. The molecule has 0 bridgehead atoms. The quantitative estimate of drug-likeness (QED) is 0.937. The fourth-order valence-electron chi connectivity index (χ4n) is 1.64. The Kier molecular flexibility index (Phi) is 4.50. The van der Waals surface area contributed by atoms with Gasteiger partial charge in [0.15, 0.2) is 0 Å². The molecule has 21 heavy (non-hydrogen) atoms. The smallest absolute Gasteiger partial charge is 0.265 e. The Bertz CT molecular complexity index is 757. The lowest BCUT2D eigenvalue weighted by molar-refractivity contribution is 0.0981. The van der Waals surface area contributed by atoms with Crippen molar-refractivity contribution in [2.24, 2.45) is 0 Å². The largest absolute Gasteiger partial charge is 0.497 e. The molecule has 0 heterocycles. The topological polar surface area (TPSA) is 72.5 Å². The van der Waals surface area contributed by atoms with E-state index >= 15 is 0 Å². The highest BCUT2D eigenvalue weighted by Crippen LogP contribution is 2.20. The summed E-state index contributed by atoms with van der Waals surface area (Å²) in [6, 6.07) is 12.0. The third-order valence-corrected chi connectivity index (χ3v) is 4.54. The van der Waals surface area contributed by atoms with Crippen molar-refractivity contribution in [1.82, 2.24) is 4.72 Å². The first kappa shape index (κ1) is 15.3. The first-order chi connectivity index (χ1) is 9.94. The Labute approximate surface area is 127 Å². The number of methoxy groups -OCH3 is 1. The van der Waals surface area contributed by atoms with Crippen LogP contribution in [-0.2, 0) is 10.0 Å². The third kappa shape index (κ3) is 3.53. The van der Waals surface area contributed by atoms with Crippen LogP contribution in [0.15, 0.2) is 53.4 Å². The summed E-state index contributed by atoms with van der Waals surface area (Å²) in [5.41, 5.74) is 0.200. The lowest BCUT2D eigenvalue weighted by atomic mass is 10.2. The predicted octanol–water partition coefficient (Wildman–Crippen LogP) is 2.47. The summed E-state index contributed by atoms with van der Waals surface area (Å²) in [7, 11) is -2.52. The highest BCUT2D eigenvalue weighted by atomic mass is 35.5. The van der Waals surface area contributed by atoms with E-state index in [1.165, 1.54) is 37.4 Å². The molecule has 110 valence electrons. The van der Waals surface area contributed by atoms with Gasteiger partial charge >= 0.3 is 0 Å². The normalized spacial score (nSPS) is 11.0. The molecule has 7 heteroatoms. The molecule has 1 amide bonds. The molecule has 0 aromatic heterocycles. The maximum Gasteiger partial charge on any atom is 0.265 e. The zero-order chi connectivity index (χ0) is 15.5. The molecule has 0 aliphatic rings. The number of nitrogens with one attached hydrogen (secondary N) is 1. The van der Waals surface area contributed by atoms with Crippen LogP contribution in [0, 0.1) is 0 Å². The van der Waals surface area contributed by atoms with Crippen LogP contribution in [0.3, 0.4) is 0 Å². The van der Waals surface area contributed by atoms with Gasteiger partial charge in [-0.05, 0) is 36.4 Å². The van der Waals surface area contributed by atoms with Gasteiger partial charge in [0.25, 0.3) is 15.9 Å². The molecule has 0 aliphatic carbocycles. The zero-order valence-electron chi connectivity index (χ0n) is 11.0. The second kappa shape index (κ2) is 6.15. The van der Waals surface area contributed by atoms with Crippen molar-refractivity contribution in [3.05, 3.63) is 59.1 Å². The van der Waals surface area contributed by atoms with Gasteiger partial charge in [0.05, 0.1) is 12.1 Å². The molecular weight excluding hydrogens is 314 g/mol. The lowest BCUT2D eigenvalue weighted by Crippen LogP contribution is -2.30. The van der Waals surface area contributed by atoms with E-state index in [4.69, 9.17) is 16.3 Å². The van der Waals surface area contributed by atoms with Gasteiger partial charge in [0.1, 0.15) is 10.6 Å². The van der Waals surface area contributed by atoms with Gasteiger partial charge in [-0.25, -0.2) is 13.1 Å². The molecule has 0 aliphatic heterocycles. The molecule has 0 radical (unpaired) electrons. The van der Waals surface area contributed by atoms with E-state index < -0.39 is 15.9 Å². The zero-order valence-corrected chi connectivity index (χ0v) is 12.6. The second-order valence-corrected chi connectivity index (χ2v) is 6.15. The number of sulfonamides is 1. The minimum atomic E-state index is -4.02. The predicted molar refractivity (Wildman–Crippen MR) is 79.1 cm³/mol. The van der Waals surface area contributed by atoms with Crippen molar-refractivity contribution >= 4 is 27.5 Å². The van der Waals surface area contributed by atoms with E-state index in [9.17, 15) is 13.2 Å². The third-order valence-electron chi connectivity index (χ3n) is 2.71. The van der Waals surface area contributed by atoms with E-state index in [1.54, 1.807) is 18.2 Å². The Morgan fingerprint density at radius 2 is 1.71 bits per heavy atom. The maximum absolute atomic E-state index is 12.1. The Hall–Kier alpha value is -2.05. The molecule has 0 saturated carbocycles. The van der Waals surface area contributed by atoms with Crippen LogP contribution in [0.5, 0.6) is 5.75 Å². The van der Waals surface area contributed by atoms with Crippen LogP contribution >= 0.6 is 11.6 Å². The number of amides is 1. The summed E-state index contributed by atoms with van der Waals surface area (Å²) in [5.74, 6) is -0.168. The van der Waals surface area contributed by atoms with Gasteiger partial charge in [-0.2, -0.15) is 0 Å². The van der Waals surface area contributed by atoms with E-state index in [0.717, 1.165) is 0 Å². The number of benzene rings is 2. The Morgan fingerprint density at radius 3 is 2.29 bits per heavy atom. The van der Waals surface area contributed by atoms with E-state index in [1.807, 2.05) is 4.72 Å². The summed E-state index contributed by atoms with van der Waals surface area (Å²) in [4.78, 5) is 11.8. The molecule has 0 saturated heterocycles. The number of ether oxygens (including phenoxy) is 1. The van der Waals surface area contributed by atoms with Gasteiger partial charge in [0.2, 0.25) is 0 Å². The van der Waals surface area contributed by atoms with Crippen molar-refractivity contribution in [2.75, 3.05) is 7.11 Å². The molecular formula is C14H12ClNO4S. The van der Waals surface area contributed by atoms with Gasteiger partial charge in [-0.15, -0.1) is 0 Å². The lowest BCUT2D eigenvalue weighted by Gasteiger charge is -2.08. The summed E-state index contributed by atoms with van der Waals surface area (Å²) < 4.78 is 31.2. The standard InChI is InChI=1S/C14H12ClNO4S/c1-20-11-8-6-10(7-9-11)14(17)16-21(18,19)13-5-3-2-4-12(13)15/h2-9H,1H3,(H,16,17). The maximum atomic E-state index is 12.1. The number of hydrogen-bond donors (Lipinski definition) is 1. The summed E-state index contributed by atoms with van der Waals surface area (Å²) in [5, 5.41) is 0.0486. The number of hydrogen-bond acceptors (Lipinski definition) is 4. The van der Waals surface area contributed by atoms with Crippen molar-refractivity contribution < 1.29 is 17.9 Å². The first-order valence-corrected chi connectivity index (χ1v) is 7.76. The van der Waals surface area contributed by atoms with E-state index in [2.05, 4.69) is 0 Å². The minimum Gasteiger partial charge on any atom is -0.497 e. The molecule has 1 N–H and O–H groups in total. The van der Waals surface area contributed by atoms with Crippen molar-refractivity contribution in [3.63, 3.8) is 0 Å². The molecule has 0 unspecified atom stereocenters. The van der Waals surface area contributed by atoms with Crippen LogP contribution in [0.1, 0.15) is 10.4 Å².